The number of sulfonamides is 1. The minimum Gasteiger partial charge on any atom is -0.396 e. The van der Waals surface area contributed by atoms with E-state index >= 15 is 0 Å². The van der Waals surface area contributed by atoms with Gasteiger partial charge in [0.25, 0.3) is 10.0 Å². The quantitative estimate of drug-likeness (QED) is 0.793. The number of aliphatic hydroxyl groups is 1. The van der Waals surface area contributed by atoms with Crippen molar-refractivity contribution in [2.24, 2.45) is 7.05 Å². The molecule has 0 fully saturated rings. The van der Waals surface area contributed by atoms with Crippen molar-refractivity contribution in [1.29, 1.82) is 0 Å². The fraction of sp³-hybridized carbons (Fsp3) is 0.750. The van der Waals surface area contributed by atoms with Crippen molar-refractivity contribution in [3.05, 3.63) is 4.60 Å². The molecular formula is C8H15BrN4O3S. The van der Waals surface area contributed by atoms with Gasteiger partial charge in [0.2, 0.25) is 5.03 Å². The molecule has 0 spiro atoms. The summed E-state index contributed by atoms with van der Waals surface area (Å²) in [7, 11) is -2.11. The Balaban J connectivity index is 3.09. The Morgan fingerprint density at radius 3 is 2.59 bits per heavy atom. The van der Waals surface area contributed by atoms with Gasteiger partial charge < -0.3 is 5.11 Å². The van der Waals surface area contributed by atoms with Gasteiger partial charge in [0.05, 0.1) is 0 Å². The van der Waals surface area contributed by atoms with E-state index in [9.17, 15) is 8.42 Å². The van der Waals surface area contributed by atoms with Crippen molar-refractivity contribution in [2.45, 2.75) is 18.4 Å². The average molecular weight is 327 g/mol. The lowest BCUT2D eigenvalue weighted by molar-refractivity contribution is 0.270. The molecule has 1 aromatic rings. The molecule has 0 unspecified atom stereocenters. The van der Waals surface area contributed by atoms with Crippen LogP contribution in [0.4, 0.5) is 0 Å². The van der Waals surface area contributed by atoms with Crippen LogP contribution in [0.1, 0.15) is 13.3 Å². The van der Waals surface area contributed by atoms with Crippen LogP contribution in [0.3, 0.4) is 0 Å². The van der Waals surface area contributed by atoms with Crippen molar-refractivity contribution in [3.8, 4) is 0 Å². The molecule has 17 heavy (non-hydrogen) atoms. The molecule has 0 atom stereocenters. The Kier molecular flexibility index (Phi) is 5.04. The highest BCUT2D eigenvalue weighted by atomic mass is 79.9. The van der Waals surface area contributed by atoms with E-state index < -0.39 is 10.0 Å². The first-order valence-electron chi connectivity index (χ1n) is 5.11. The van der Waals surface area contributed by atoms with E-state index in [1.54, 1.807) is 6.92 Å². The smallest absolute Gasteiger partial charge is 0.263 e. The van der Waals surface area contributed by atoms with Gasteiger partial charge in [-0.2, -0.15) is 4.31 Å². The summed E-state index contributed by atoms with van der Waals surface area (Å²) in [6.45, 7) is 2.30. The highest BCUT2D eigenvalue weighted by molar-refractivity contribution is 9.10. The first-order valence-corrected chi connectivity index (χ1v) is 7.34. The van der Waals surface area contributed by atoms with Crippen molar-refractivity contribution in [1.82, 2.24) is 19.3 Å². The summed E-state index contributed by atoms with van der Waals surface area (Å²) in [6, 6.07) is 0. The lowest BCUT2D eigenvalue weighted by atomic mass is 10.4. The SMILES string of the molecule is CCN(CCCO)S(=O)(=O)c1c(Br)nnn1C. The van der Waals surface area contributed by atoms with Gasteiger partial charge in [0.15, 0.2) is 4.60 Å². The molecular weight excluding hydrogens is 312 g/mol. The maximum Gasteiger partial charge on any atom is 0.263 e. The van der Waals surface area contributed by atoms with Crippen LogP contribution in [0.25, 0.3) is 0 Å². The van der Waals surface area contributed by atoms with Gasteiger partial charge in [0.1, 0.15) is 0 Å². The van der Waals surface area contributed by atoms with Gasteiger partial charge in [-0.05, 0) is 22.4 Å². The molecule has 0 radical (unpaired) electrons. The Bertz CT molecular complexity index is 454. The van der Waals surface area contributed by atoms with Crippen molar-refractivity contribution < 1.29 is 13.5 Å². The van der Waals surface area contributed by atoms with E-state index in [-0.39, 0.29) is 22.8 Å². The number of halogens is 1. The second-order valence-corrected chi connectivity index (χ2v) is 5.99. The summed E-state index contributed by atoms with van der Waals surface area (Å²) in [5.41, 5.74) is 0. The second-order valence-electron chi connectivity index (χ2n) is 3.38. The van der Waals surface area contributed by atoms with Gasteiger partial charge in [-0.15, -0.1) is 5.10 Å². The number of aryl methyl sites for hydroxylation is 1. The van der Waals surface area contributed by atoms with Crippen LogP contribution in [0.5, 0.6) is 0 Å². The van der Waals surface area contributed by atoms with Crippen LogP contribution in [0.2, 0.25) is 0 Å². The summed E-state index contributed by atoms with van der Waals surface area (Å²) in [5.74, 6) is 0. The molecule has 0 saturated heterocycles. The number of rotatable bonds is 6. The molecule has 0 aliphatic rings. The van der Waals surface area contributed by atoms with Crippen molar-refractivity contribution >= 4 is 26.0 Å². The van der Waals surface area contributed by atoms with Crippen LogP contribution < -0.4 is 0 Å². The predicted molar refractivity (Wildman–Crippen MR) is 64.8 cm³/mol. The lowest BCUT2D eigenvalue weighted by Gasteiger charge is -2.19. The summed E-state index contributed by atoms with van der Waals surface area (Å²) >= 11 is 3.07. The Labute approximate surface area is 109 Å². The number of aromatic nitrogens is 3. The Morgan fingerprint density at radius 1 is 1.53 bits per heavy atom. The number of aliphatic hydroxyl groups excluding tert-OH is 1. The number of nitrogens with zero attached hydrogens (tertiary/aromatic N) is 4. The highest BCUT2D eigenvalue weighted by Crippen LogP contribution is 2.21. The maximum atomic E-state index is 12.3. The van der Waals surface area contributed by atoms with Gasteiger partial charge in [-0.25, -0.2) is 13.1 Å². The third-order valence-electron chi connectivity index (χ3n) is 2.24. The molecule has 1 aromatic heterocycles. The van der Waals surface area contributed by atoms with Gasteiger partial charge >= 0.3 is 0 Å². The predicted octanol–water partition coefficient (Wildman–Crippen LogP) is -0.0294. The fourth-order valence-electron chi connectivity index (χ4n) is 1.41. The minimum atomic E-state index is -3.63. The zero-order chi connectivity index (χ0) is 13.1. The molecule has 0 aromatic carbocycles. The standard InChI is InChI=1S/C8H15BrN4O3S/c1-3-13(5-4-6-14)17(15,16)8-7(9)10-11-12(8)2/h14H,3-6H2,1-2H3. The molecule has 0 bridgehead atoms. The van der Waals surface area contributed by atoms with Crippen LogP contribution in [0, 0.1) is 0 Å². The maximum absolute atomic E-state index is 12.3. The van der Waals surface area contributed by atoms with Crippen LogP contribution in [-0.4, -0.2) is 52.5 Å². The molecule has 9 heteroatoms. The third-order valence-corrected chi connectivity index (χ3v) is 5.10. The van der Waals surface area contributed by atoms with E-state index in [1.807, 2.05) is 0 Å². The Hall–Kier alpha value is -0.510. The van der Waals surface area contributed by atoms with Gasteiger partial charge in [0, 0.05) is 26.7 Å². The first kappa shape index (κ1) is 14.6. The van der Waals surface area contributed by atoms with E-state index in [4.69, 9.17) is 5.11 Å². The van der Waals surface area contributed by atoms with Gasteiger partial charge in [-0.3, -0.25) is 0 Å². The van der Waals surface area contributed by atoms with Crippen LogP contribution in [-0.2, 0) is 17.1 Å². The topological polar surface area (TPSA) is 88.3 Å². The monoisotopic (exact) mass is 326 g/mol. The number of hydrogen-bond acceptors (Lipinski definition) is 5. The molecule has 1 heterocycles. The summed E-state index contributed by atoms with van der Waals surface area (Å²) in [4.78, 5) is 0. The molecule has 0 amide bonds. The zero-order valence-electron chi connectivity index (χ0n) is 9.67. The molecule has 0 aliphatic heterocycles. The largest absolute Gasteiger partial charge is 0.396 e. The van der Waals surface area contributed by atoms with Crippen molar-refractivity contribution in [2.75, 3.05) is 19.7 Å². The first-order chi connectivity index (χ1) is 7.95. The third kappa shape index (κ3) is 3.03. The lowest BCUT2D eigenvalue weighted by Crippen LogP contribution is -2.33. The molecule has 7 nitrogen and oxygen atoms in total. The van der Waals surface area contributed by atoms with Crippen molar-refractivity contribution in [3.63, 3.8) is 0 Å². The van der Waals surface area contributed by atoms with E-state index in [0.29, 0.717) is 13.0 Å². The molecule has 1 N–H and O–H groups in total. The molecule has 0 saturated carbocycles. The van der Waals surface area contributed by atoms with Crippen LogP contribution >= 0.6 is 15.9 Å². The zero-order valence-corrected chi connectivity index (χ0v) is 12.1. The Morgan fingerprint density at radius 2 is 2.18 bits per heavy atom. The molecule has 0 aliphatic carbocycles. The van der Waals surface area contributed by atoms with E-state index in [1.165, 1.54) is 16.0 Å². The van der Waals surface area contributed by atoms with Gasteiger partial charge in [-0.1, -0.05) is 12.1 Å². The highest BCUT2D eigenvalue weighted by Gasteiger charge is 2.29. The van der Waals surface area contributed by atoms with Crippen LogP contribution in [0.15, 0.2) is 9.63 Å². The molecule has 1 rings (SSSR count). The summed E-state index contributed by atoms with van der Waals surface area (Å²) in [5, 5.41) is 16.1. The van der Waals surface area contributed by atoms with E-state index in [2.05, 4.69) is 26.2 Å². The summed E-state index contributed by atoms with van der Waals surface area (Å²) in [6.07, 6.45) is 0.399. The minimum absolute atomic E-state index is 0.0253. The second kappa shape index (κ2) is 5.89. The average Bonchev–Trinajstić information content (AvgIpc) is 2.59. The summed E-state index contributed by atoms with van der Waals surface area (Å²) < 4.78 is 27.3. The fourth-order valence-corrected chi connectivity index (χ4v) is 3.93. The number of hydrogen-bond donors (Lipinski definition) is 1. The normalized spacial score (nSPS) is 12.3. The molecule has 98 valence electrons. The van der Waals surface area contributed by atoms with E-state index in [0.717, 1.165) is 0 Å².